The number of carboxylic acid groups (broad SMARTS) is 1. The summed E-state index contributed by atoms with van der Waals surface area (Å²) in [5.74, 6) is -0.472. The molecule has 176 valence electrons. The molecule has 0 spiro atoms. The van der Waals surface area contributed by atoms with Gasteiger partial charge in [-0.3, -0.25) is 9.69 Å². The second-order valence-electron chi connectivity index (χ2n) is 8.76. The van der Waals surface area contributed by atoms with E-state index in [0.717, 1.165) is 16.0 Å². The average molecular weight is 478 g/mol. The first-order valence-corrected chi connectivity index (χ1v) is 12.1. The summed E-state index contributed by atoms with van der Waals surface area (Å²) >= 11 is 1.34. The van der Waals surface area contributed by atoms with Crippen molar-refractivity contribution in [3.8, 4) is 5.75 Å². The molecule has 2 aliphatic rings. The molecule has 7 nitrogen and oxygen atoms in total. The number of anilines is 1. The number of nitrogens with two attached hydrogens (primary N) is 1. The molecule has 2 aromatic carbocycles. The number of carbonyl (C=O) groups is 2. The third kappa shape index (κ3) is 3.63. The first kappa shape index (κ1) is 22.4. The molecule has 8 heteroatoms. The molecule has 2 atom stereocenters. The van der Waals surface area contributed by atoms with Crippen molar-refractivity contribution in [3.63, 3.8) is 0 Å². The Balaban J connectivity index is 1.53. The minimum absolute atomic E-state index is 0.0603. The van der Waals surface area contributed by atoms with E-state index in [4.69, 9.17) is 10.5 Å². The molecule has 34 heavy (non-hydrogen) atoms. The molecule has 0 aliphatic carbocycles. The number of nitrogen functional groups attached to an aromatic ring is 1. The smallest absolute Gasteiger partial charge is 0.338 e. The number of ether oxygens (including phenoxy) is 1. The zero-order chi connectivity index (χ0) is 24.0. The first-order chi connectivity index (χ1) is 16.4. The molecule has 3 heterocycles. The molecule has 0 radical (unpaired) electrons. The minimum atomic E-state index is -0.993. The Kier molecular flexibility index (Phi) is 5.79. The highest BCUT2D eigenvalue weighted by Crippen LogP contribution is 2.45. The average Bonchev–Trinajstić information content (AvgIpc) is 3.35. The van der Waals surface area contributed by atoms with Crippen molar-refractivity contribution in [2.24, 2.45) is 0 Å². The molecule has 1 aromatic heterocycles. The first-order valence-electron chi connectivity index (χ1n) is 11.3. The predicted octanol–water partition coefficient (Wildman–Crippen LogP) is 4.35. The Morgan fingerprint density at radius 3 is 2.71 bits per heavy atom. The number of thiophene rings is 1. The lowest BCUT2D eigenvalue weighted by Crippen LogP contribution is -2.43. The van der Waals surface area contributed by atoms with Gasteiger partial charge in [0.15, 0.2) is 0 Å². The van der Waals surface area contributed by atoms with Crippen LogP contribution >= 0.6 is 11.3 Å². The maximum Gasteiger partial charge on any atom is 0.338 e. The van der Waals surface area contributed by atoms with E-state index < -0.39 is 5.97 Å². The number of hydrogen-bond acceptors (Lipinski definition) is 6. The van der Waals surface area contributed by atoms with Crippen LogP contribution in [0.1, 0.15) is 61.3 Å². The quantitative estimate of drug-likeness (QED) is 0.548. The van der Waals surface area contributed by atoms with E-state index in [2.05, 4.69) is 24.0 Å². The minimum Gasteiger partial charge on any atom is -0.496 e. The van der Waals surface area contributed by atoms with Crippen LogP contribution in [0.3, 0.4) is 0 Å². The molecule has 0 unspecified atom stereocenters. The molecule has 0 fully saturated rings. The standard InChI is InChI=1S/C26H27N3O4S/c1-15(16-7-4-3-5-8-16)29-12-11-18-22(26(31)32)24(27)34-23(18)19(29)14-28-13-17-9-6-10-20(33-2)21(17)25(28)30/h3-10,15,19H,11-14,27H2,1-2H3,(H,31,32)/t15-,19-/m0/s1. The number of benzene rings is 2. The zero-order valence-electron chi connectivity index (χ0n) is 19.2. The topological polar surface area (TPSA) is 96.1 Å². The summed E-state index contributed by atoms with van der Waals surface area (Å²) in [4.78, 5) is 30.5. The largest absolute Gasteiger partial charge is 0.496 e. The van der Waals surface area contributed by atoms with Gasteiger partial charge in [0.2, 0.25) is 0 Å². The van der Waals surface area contributed by atoms with Crippen LogP contribution in [0.5, 0.6) is 5.75 Å². The van der Waals surface area contributed by atoms with E-state index in [9.17, 15) is 14.7 Å². The van der Waals surface area contributed by atoms with Crippen LogP contribution in [0.4, 0.5) is 5.00 Å². The number of carbonyl (C=O) groups excluding carboxylic acids is 1. The molecule has 2 aliphatic heterocycles. The van der Waals surface area contributed by atoms with Crippen LogP contribution in [0.2, 0.25) is 0 Å². The van der Waals surface area contributed by atoms with Gasteiger partial charge in [-0.05, 0) is 36.1 Å². The van der Waals surface area contributed by atoms with E-state index in [1.54, 1.807) is 7.11 Å². The highest BCUT2D eigenvalue weighted by atomic mass is 32.1. The summed E-state index contributed by atoms with van der Waals surface area (Å²) in [7, 11) is 1.57. The van der Waals surface area contributed by atoms with Gasteiger partial charge >= 0.3 is 5.97 Å². The molecule has 0 bridgehead atoms. The Bertz CT molecular complexity index is 1260. The number of amides is 1. The lowest BCUT2D eigenvalue weighted by atomic mass is 9.94. The molecule has 0 saturated heterocycles. The van der Waals surface area contributed by atoms with Gasteiger partial charge < -0.3 is 20.5 Å². The third-order valence-corrected chi connectivity index (χ3v) is 8.13. The Morgan fingerprint density at radius 1 is 1.24 bits per heavy atom. The van der Waals surface area contributed by atoms with Crippen molar-refractivity contribution < 1.29 is 19.4 Å². The van der Waals surface area contributed by atoms with Gasteiger partial charge in [0, 0.05) is 30.6 Å². The van der Waals surface area contributed by atoms with E-state index in [-0.39, 0.29) is 23.6 Å². The zero-order valence-corrected chi connectivity index (χ0v) is 20.0. The normalized spacial score (nSPS) is 18.5. The summed E-state index contributed by atoms with van der Waals surface area (Å²) in [6, 6.07) is 15.8. The molecule has 3 aromatic rings. The van der Waals surface area contributed by atoms with Crippen LogP contribution < -0.4 is 10.5 Å². The number of fused-ring (bicyclic) bond motifs is 2. The van der Waals surface area contributed by atoms with E-state index in [1.165, 1.54) is 16.9 Å². The predicted molar refractivity (Wildman–Crippen MR) is 131 cm³/mol. The van der Waals surface area contributed by atoms with Crippen LogP contribution in [-0.2, 0) is 13.0 Å². The number of rotatable bonds is 6. The van der Waals surface area contributed by atoms with Crippen molar-refractivity contribution in [2.75, 3.05) is 25.9 Å². The highest BCUT2D eigenvalue weighted by Gasteiger charge is 2.40. The van der Waals surface area contributed by atoms with Crippen molar-refractivity contribution in [1.29, 1.82) is 0 Å². The van der Waals surface area contributed by atoms with Crippen LogP contribution in [-0.4, -0.2) is 47.0 Å². The van der Waals surface area contributed by atoms with E-state index >= 15 is 0 Å². The van der Waals surface area contributed by atoms with Gasteiger partial charge in [0.25, 0.3) is 5.91 Å². The van der Waals surface area contributed by atoms with Crippen LogP contribution in [0.15, 0.2) is 48.5 Å². The maximum atomic E-state index is 13.4. The maximum absolute atomic E-state index is 13.4. The van der Waals surface area contributed by atoms with Crippen molar-refractivity contribution in [3.05, 3.63) is 81.2 Å². The van der Waals surface area contributed by atoms with Gasteiger partial charge in [-0.2, -0.15) is 0 Å². The summed E-state index contributed by atoms with van der Waals surface area (Å²) < 4.78 is 5.45. The molecular weight excluding hydrogens is 450 g/mol. The number of hydrogen-bond donors (Lipinski definition) is 2. The Hall–Kier alpha value is -3.36. The molecule has 5 rings (SSSR count). The van der Waals surface area contributed by atoms with E-state index in [0.29, 0.717) is 42.4 Å². The van der Waals surface area contributed by atoms with Crippen LogP contribution in [0.25, 0.3) is 0 Å². The summed E-state index contributed by atoms with van der Waals surface area (Å²) in [5.41, 5.74) is 9.94. The summed E-state index contributed by atoms with van der Waals surface area (Å²) in [5, 5.41) is 10.1. The lowest BCUT2D eigenvalue weighted by molar-refractivity contribution is 0.0621. The van der Waals surface area contributed by atoms with Crippen LogP contribution in [0, 0.1) is 0 Å². The van der Waals surface area contributed by atoms with Gasteiger partial charge in [-0.1, -0.05) is 42.5 Å². The Morgan fingerprint density at radius 2 is 2.00 bits per heavy atom. The monoisotopic (exact) mass is 477 g/mol. The fraction of sp³-hybridized carbons (Fsp3) is 0.308. The number of aromatic carboxylic acids is 1. The molecular formula is C26H27N3O4S. The number of methoxy groups -OCH3 is 1. The van der Waals surface area contributed by atoms with Crippen molar-refractivity contribution in [1.82, 2.24) is 9.80 Å². The molecule has 3 N–H and O–H groups in total. The van der Waals surface area contributed by atoms with Crippen molar-refractivity contribution >= 4 is 28.2 Å². The van der Waals surface area contributed by atoms with E-state index in [1.807, 2.05) is 41.3 Å². The second kappa shape index (κ2) is 8.77. The van der Waals surface area contributed by atoms with Gasteiger partial charge in [0.05, 0.1) is 24.3 Å². The number of nitrogens with zero attached hydrogens (tertiary/aromatic N) is 2. The Labute approximate surface area is 202 Å². The fourth-order valence-electron chi connectivity index (χ4n) is 5.29. The SMILES string of the molecule is COc1cccc2c1C(=O)N(C[C@H]1c3sc(N)c(C(=O)O)c3CCN1[C@@H](C)c1ccccc1)C2. The summed E-state index contributed by atoms with van der Waals surface area (Å²) in [6.07, 6.45) is 0.611. The number of carboxylic acids is 1. The lowest BCUT2D eigenvalue weighted by Gasteiger charge is -2.41. The summed E-state index contributed by atoms with van der Waals surface area (Å²) in [6.45, 7) is 3.78. The fourth-order valence-corrected chi connectivity index (χ4v) is 6.51. The van der Waals surface area contributed by atoms with Gasteiger partial charge in [-0.15, -0.1) is 11.3 Å². The second-order valence-corrected chi connectivity index (χ2v) is 9.84. The van der Waals surface area contributed by atoms with Crippen molar-refractivity contribution in [2.45, 2.75) is 32.0 Å². The van der Waals surface area contributed by atoms with Gasteiger partial charge in [-0.25, -0.2) is 4.79 Å². The highest BCUT2D eigenvalue weighted by molar-refractivity contribution is 7.16. The molecule has 1 amide bonds. The third-order valence-electron chi connectivity index (χ3n) is 6.97. The van der Waals surface area contributed by atoms with Gasteiger partial charge in [0.1, 0.15) is 10.8 Å². The molecule has 0 saturated carbocycles.